The van der Waals surface area contributed by atoms with Gasteiger partial charge >= 0.3 is 0 Å². The Balaban J connectivity index is 1.60. The molecular formula is C20H35N5OS. The summed E-state index contributed by atoms with van der Waals surface area (Å²) in [5.41, 5.74) is 0. The summed E-state index contributed by atoms with van der Waals surface area (Å²) in [5.74, 6) is 1.65. The van der Waals surface area contributed by atoms with Gasteiger partial charge in [0.05, 0.1) is 25.8 Å². The van der Waals surface area contributed by atoms with Gasteiger partial charge in [0.2, 0.25) is 0 Å². The summed E-state index contributed by atoms with van der Waals surface area (Å²) < 4.78 is 5.54. The molecular weight excluding hydrogens is 358 g/mol. The zero-order chi connectivity index (χ0) is 18.9. The summed E-state index contributed by atoms with van der Waals surface area (Å²) in [6, 6.07) is 4.71. The van der Waals surface area contributed by atoms with Crippen LogP contribution in [0.25, 0.3) is 0 Å². The van der Waals surface area contributed by atoms with Crippen LogP contribution in [0.2, 0.25) is 0 Å². The van der Waals surface area contributed by atoms with Gasteiger partial charge in [-0.25, -0.2) is 0 Å². The lowest BCUT2D eigenvalue weighted by molar-refractivity contribution is 0.0186. The van der Waals surface area contributed by atoms with E-state index in [9.17, 15) is 0 Å². The molecule has 0 aromatic carbocycles. The molecule has 2 aliphatic rings. The van der Waals surface area contributed by atoms with Crippen molar-refractivity contribution in [3.05, 3.63) is 22.4 Å². The third-order valence-corrected chi connectivity index (χ3v) is 6.38. The number of morpholine rings is 1. The van der Waals surface area contributed by atoms with Gasteiger partial charge in [-0.1, -0.05) is 6.07 Å². The number of piperidine rings is 1. The average Bonchev–Trinajstić information content (AvgIpc) is 3.21. The smallest absolute Gasteiger partial charge is 0.191 e. The number of hydrogen-bond acceptors (Lipinski definition) is 5. The van der Waals surface area contributed by atoms with E-state index in [-0.39, 0.29) is 0 Å². The summed E-state index contributed by atoms with van der Waals surface area (Å²) in [6.45, 7) is 10.8. The second kappa shape index (κ2) is 11.0. The van der Waals surface area contributed by atoms with Crippen molar-refractivity contribution in [3.8, 4) is 0 Å². The molecule has 0 radical (unpaired) electrons. The van der Waals surface area contributed by atoms with Gasteiger partial charge in [0.25, 0.3) is 0 Å². The molecule has 0 aliphatic carbocycles. The molecule has 2 unspecified atom stereocenters. The fourth-order valence-electron chi connectivity index (χ4n) is 3.96. The average molecular weight is 394 g/mol. The fraction of sp³-hybridized carbons (Fsp3) is 0.750. The lowest BCUT2D eigenvalue weighted by atomic mass is 9.99. The van der Waals surface area contributed by atoms with E-state index >= 15 is 0 Å². The van der Waals surface area contributed by atoms with Crippen LogP contribution in [0.5, 0.6) is 0 Å². The van der Waals surface area contributed by atoms with Gasteiger partial charge in [0.1, 0.15) is 0 Å². The number of hydrogen-bond donors (Lipinski definition) is 2. The predicted octanol–water partition coefficient (Wildman–Crippen LogP) is 2.02. The van der Waals surface area contributed by atoms with E-state index in [1.807, 2.05) is 11.3 Å². The number of aliphatic imine (C=N–C) groups is 1. The summed E-state index contributed by atoms with van der Waals surface area (Å²) in [4.78, 5) is 11.3. The molecule has 6 nitrogen and oxygen atoms in total. The highest BCUT2D eigenvalue weighted by molar-refractivity contribution is 7.10. The van der Waals surface area contributed by atoms with Crippen LogP contribution in [0, 0.1) is 5.92 Å². The maximum Gasteiger partial charge on any atom is 0.191 e. The van der Waals surface area contributed by atoms with E-state index in [4.69, 9.17) is 9.73 Å². The Morgan fingerprint density at radius 3 is 2.89 bits per heavy atom. The standard InChI is InChI=1S/C20H35N5OS/c1-3-21-20(22-14-17-6-4-8-24(2)16-17)23-15-18(19-7-5-13-27-19)25-9-11-26-12-10-25/h5,7,13,17-18H,3-4,6,8-12,14-16H2,1-2H3,(H2,21,22,23). The Morgan fingerprint density at radius 2 is 2.19 bits per heavy atom. The highest BCUT2D eigenvalue weighted by Crippen LogP contribution is 2.26. The molecule has 152 valence electrons. The Labute approximate surface area is 168 Å². The van der Waals surface area contributed by atoms with E-state index < -0.39 is 0 Å². The van der Waals surface area contributed by atoms with Gasteiger partial charge in [-0.15, -0.1) is 11.3 Å². The number of thiophene rings is 1. The minimum Gasteiger partial charge on any atom is -0.379 e. The summed E-state index contributed by atoms with van der Waals surface area (Å²) in [5, 5.41) is 9.17. The van der Waals surface area contributed by atoms with Crippen molar-refractivity contribution < 1.29 is 4.74 Å². The Kier molecular flexibility index (Phi) is 8.38. The Morgan fingerprint density at radius 1 is 1.33 bits per heavy atom. The van der Waals surface area contributed by atoms with Gasteiger partial charge < -0.3 is 20.3 Å². The van der Waals surface area contributed by atoms with Crippen LogP contribution in [0.3, 0.4) is 0 Å². The van der Waals surface area contributed by atoms with Crippen molar-refractivity contribution in [2.75, 3.05) is 66.1 Å². The van der Waals surface area contributed by atoms with Crippen LogP contribution in [-0.2, 0) is 4.74 Å². The monoisotopic (exact) mass is 393 g/mol. The molecule has 1 aromatic heterocycles. The first-order valence-electron chi connectivity index (χ1n) is 10.3. The normalized spacial score (nSPS) is 23.9. The van der Waals surface area contributed by atoms with Crippen LogP contribution < -0.4 is 10.6 Å². The van der Waals surface area contributed by atoms with Gasteiger partial charge in [-0.2, -0.15) is 0 Å². The number of rotatable bonds is 7. The van der Waals surface area contributed by atoms with E-state index in [2.05, 4.69) is 51.9 Å². The van der Waals surface area contributed by atoms with E-state index in [1.165, 1.54) is 30.8 Å². The first-order valence-corrected chi connectivity index (χ1v) is 11.2. The molecule has 2 N–H and O–H groups in total. The predicted molar refractivity (Wildman–Crippen MR) is 114 cm³/mol. The van der Waals surface area contributed by atoms with Crippen molar-refractivity contribution in [1.82, 2.24) is 20.4 Å². The van der Waals surface area contributed by atoms with Crippen molar-refractivity contribution in [2.45, 2.75) is 25.8 Å². The summed E-state index contributed by atoms with van der Waals surface area (Å²) in [6.07, 6.45) is 2.61. The lowest BCUT2D eigenvalue weighted by Gasteiger charge is -2.33. The minimum atomic E-state index is 0.338. The number of nitrogens with zero attached hydrogens (tertiary/aromatic N) is 3. The maximum atomic E-state index is 5.54. The van der Waals surface area contributed by atoms with Gasteiger partial charge in [-0.3, -0.25) is 9.89 Å². The van der Waals surface area contributed by atoms with Crippen molar-refractivity contribution in [1.29, 1.82) is 0 Å². The second-order valence-electron chi connectivity index (χ2n) is 7.55. The van der Waals surface area contributed by atoms with Crippen LogP contribution in [0.4, 0.5) is 0 Å². The molecule has 3 rings (SSSR count). The summed E-state index contributed by atoms with van der Waals surface area (Å²) >= 11 is 1.83. The Hall–Kier alpha value is -1.15. The first kappa shape index (κ1) is 20.6. The third kappa shape index (κ3) is 6.45. The molecule has 1 aromatic rings. The van der Waals surface area contributed by atoms with Gasteiger partial charge in [0, 0.05) is 37.6 Å². The third-order valence-electron chi connectivity index (χ3n) is 5.40. The molecule has 2 fully saturated rings. The molecule has 27 heavy (non-hydrogen) atoms. The van der Waals surface area contributed by atoms with E-state index in [0.717, 1.165) is 51.9 Å². The molecule has 2 aliphatic heterocycles. The van der Waals surface area contributed by atoms with Gasteiger partial charge in [0.15, 0.2) is 5.96 Å². The molecule has 2 saturated heterocycles. The van der Waals surface area contributed by atoms with E-state index in [1.54, 1.807) is 0 Å². The number of likely N-dealkylation sites (tertiary alicyclic amines) is 1. The lowest BCUT2D eigenvalue weighted by Crippen LogP contribution is -2.44. The topological polar surface area (TPSA) is 52.1 Å². The fourth-order valence-corrected chi connectivity index (χ4v) is 4.81. The zero-order valence-corrected chi connectivity index (χ0v) is 17.6. The second-order valence-corrected chi connectivity index (χ2v) is 8.53. The molecule has 0 spiro atoms. The van der Waals surface area contributed by atoms with Crippen LogP contribution in [-0.4, -0.2) is 81.8 Å². The molecule has 0 saturated carbocycles. The minimum absolute atomic E-state index is 0.338. The largest absolute Gasteiger partial charge is 0.379 e. The molecule has 7 heteroatoms. The molecule has 3 heterocycles. The first-order chi connectivity index (χ1) is 13.3. The quantitative estimate of drug-likeness (QED) is 0.548. The van der Waals surface area contributed by atoms with E-state index in [0.29, 0.717) is 12.0 Å². The van der Waals surface area contributed by atoms with Crippen molar-refractivity contribution >= 4 is 17.3 Å². The van der Waals surface area contributed by atoms with Crippen molar-refractivity contribution in [2.24, 2.45) is 10.9 Å². The molecule has 2 atom stereocenters. The van der Waals surface area contributed by atoms with Gasteiger partial charge in [-0.05, 0) is 50.7 Å². The van der Waals surface area contributed by atoms with Crippen molar-refractivity contribution in [3.63, 3.8) is 0 Å². The number of guanidine groups is 1. The van der Waals surface area contributed by atoms with Crippen LogP contribution in [0.1, 0.15) is 30.7 Å². The van der Waals surface area contributed by atoms with Crippen LogP contribution in [0.15, 0.2) is 22.5 Å². The maximum absolute atomic E-state index is 5.54. The van der Waals surface area contributed by atoms with Crippen LogP contribution >= 0.6 is 11.3 Å². The SMILES string of the molecule is CCNC(=NCC(c1cccs1)N1CCOCC1)NCC1CCCN(C)C1. The summed E-state index contributed by atoms with van der Waals surface area (Å²) in [7, 11) is 2.22. The highest BCUT2D eigenvalue weighted by atomic mass is 32.1. The Bertz CT molecular complexity index is 559. The zero-order valence-electron chi connectivity index (χ0n) is 16.8. The number of nitrogens with one attached hydrogen (secondary N) is 2. The highest BCUT2D eigenvalue weighted by Gasteiger charge is 2.23. The number of ether oxygens (including phenoxy) is 1. The molecule has 0 bridgehead atoms. The molecule has 0 amide bonds.